The molecule has 178 valence electrons. The maximum absolute atomic E-state index is 13.2. The number of sulfonamides is 1. The number of benzene rings is 2. The summed E-state index contributed by atoms with van der Waals surface area (Å²) in [7, 11) is -3.65. The Morgan fingerprint density at radius 2 is 1.76 bits per heavy atom. The standard InChI is InChI=1S/C25H32N2O5S/c1-19(8-9-20-6-3-2-4-7-20)26-25(28)21-12-14-27(15-13-21)33(29,30)22-10-11-23-24(18-22)32-17-5-16-31-23/h2-4,6-7,10-11,18-19,21H,5,8-9,12-17H2,1H3,(H,26,28). The molecule has 1 fully saturated rings. The molecule has 2 aromatic carbocycles. The Morgan fingerprint density at radius 1 is 1.06 bits per heavy atom. The summed E-state index contributed by atoms with van der Waals surface area (Å²) >= 11 is 0. The second kappa shape index (κ2) is 10.6. The Balaban J connectivity index is 1.29. The molecule has 2 aliphatic heterocycles. The maximum Gasteiger partial charge on any atom is 0.243 e. The van der Waals surface area contributed by atoms with Crippen LogP contribution in [0.4, 0.5) is 0 Å². The van der Waals surface area contributed by atoms with Crippen LogP contribution in [0, 0.1) is 5.92 Å². The molecule has 8 heteroatoms. The van der Waals surface area contributed by atoms with Gasteiger partial charge in [-0.2, -0.15) is 4.31 Å². The maximum atomic E-state index is 13.2. The summed E-state index contributed by atoms with van der Waals surface area (Å²) in [6.07, 6.45) is 3.57. The summed E-state index contributed by atoms with van der Waals surface area (Å²) in [5, 5.41) is 3.11. The summed E-state index contributed by atoms with van der Waals surface area (Å²) in [4.78, 5) is 12.9. The molecule has 1 unspecified atom stereocenters. The number of nitrogens with zero attached hydrogens (tertiary/aromatic N) is 1. The normalized spacial score (nSPS) is 18.3. The van der Waals surface area contributed by atoms with E-state index < -0.39 is 10.0 Å². The van der Waals surface area contributed by atoms with Crippen LogP contribution in [0.15, 0.2) is 53.4 Å². The largest absolute Gasteiger partial charge is 0.490 e. The van der Waals surface area contributed by atoms with Gasteiger partial charge in [0.05, 0.1) is 18.1 Å². The second-order valence-corrected chi connectivity index (χ2v) is 10.7. The topological polar surface area (TPSA) is 84.9 Å². The summed E-state index contributed by atoms with van der Waals surface area (Å²) in [5.41, 5.74) is 1.26. The molecule has 0 aliphatic carbocycles. The molecule has 2 aliphatic rings. The minimum absolute atomic E-state index is 0.0168. The van der Waals surface area contributed by atoms with E-state index in [4.69, 9.17) is 9.47 Å². The number of carbonyl (C=O) groups is 1. The molecule has 0 bridgehead atoms. The average molecular weight is 473 g/mol. The molecule has 4 rings (SSSR count). The minimum Gasteiger partial charge on any atom is -0.490 e. The van der Waals surface area contributed by atoms with Crippen LogP contribution in [0.1, 0.15) is 38.2 Å². The van der Waals surface area contributed by atoms with E-state index in [2.05, 4.69) is 17.4 Å². The highest BCUT2D eigenvalue weighted by molar-refractivity contribution is 7.89. The number of carbonyl (C=O) groups excluding carboxylic acids is 1. The Bertz CT molecular complexity index is 1050. The van der Waals surface area contributed by atoms with Crippen molar-refractivity contribution in [1.29, 1.82) is 0 Å². The van der Waals surface area contributed by atoms with E-state index in [1.54, 1.807) is 18.2 Å². The highest BCUT2D eigenvalue weighted by Gasteiger charge is 2.33. The van der Waals surface area contributed by atoms with E-state index in [0.29, 0.717) is 50.6 Å². The van der Waals surface area contributed by atoms with Crippen LogP contribution in [0.3, 0.4) is 0 Å². The molecular formula is C25H32N2O5S. The van der Waals surface area contributed by atoms with Crippen molar-refractivity contribution in [1.82, 2.24) is 9.62 Å². The van der Waals surface area contributed by atoms with Crippen LogP contribution in [0.5, 0.6) is 11.5 Å². The summed E-state index contributed by atoms with van der Waals surface area (Å²) in [5.74, 6) is 0.887. The number of fused-ring (bicyclic) bond motifs is 1. The zero-order valence-corrected chi connectivity index (χ0v) is 19.9. The van der Waals surface area contributed by atoms with Crippen molar-refractivity contribution < 1.29 is 22.7 Å². The molecule has 0 spiro atoms. The summed E-state index contributed by atoms with van der Waals surface area (Å²) < 4.78 is 39.0. The third-order valence-electron chi connectivity index (χ3n) is 6.28. The van der Waals surface area contributed by atoms with Crippen molar-refractivity contribution >= 4 is 15.9 Å². The van der Waals surface area contributed by atoms with E-state index in [1.807, 2.05) is 25.1 Å². The Labute approximate surface area is 196 Å². The predicted octanol–water partition coefficient (Wildman–Crippen LogP) is 3.39. The molecule has 2 aromatic rings. The first-order valence-corrected chi connectivity index (χ1v) is 13.1. The van der Waals surface area contributed by atoms with Crippen LogP contribution in [0.25, 0.3) is 0 Å². The van der Waals surface area contributed by atoms with Gasteiger partial charge in [-0.3, -0.25) is 4.79 Å². The molecule has 2 heterocycles. The van der Waals surface area contributed by atoms with Crippen molar-refractivity contribution in [2.75, 3.05) is 26.3 Å². The second-order valence-electron chi connectivity index (χ2n) is 8.77. The summed E-state index contributed by atoms with van der Waals surface area (Å²) in [6.45, 7) is 3.73. The van der Waals surface area contributed by atoms with Crippen molar-refractivity contribution in [3.05, 3.63) is 54.1 Å². The van der Waals surface area contributed by atoms with Gasteiger partial charge in [0.15, 0.2) is 11.5 Å². The molecule has 0 aromatic heterocycles. The van der Waals surface area contributed by atoms with Crippen molar-refractivity contribution in [2.45, 2.75) is 50.0 Å². The van der Waals surface area contributed by atoms with Crippen LogP contribution in [0.2, 0.25) is 0 Å². The van der Waals surface area contributed by atoms with Gasteiger partial charge in [-0.05, 0) is 50.3 Å². The molecular weight excluding hydrogens is 440 g/mol. The Hall–Kier alpha value is -2.58. The van der Waals surface area contributed by atoms with E-state index in [9.17, 15) is 13.2 Å². The number of hydrogen-bond donors (Lipinski definition) is 1. The number of piperidine rings is 1. The minimum atomic E-state index is -3.65. The van der Waals surface area contributed by atoms with E-state index in [0.717, 1.165) is 19.3 Å². The van der Waals surface area contributed by atoms with Gasteiger partial charge < -0.3 is 14.8 Å². The van der Waals surface area contributed by atoms with Gasteiger partial charge in [-0.15, -0.1) is 0 Å². The highest BCUT2D eigenvalue weighted by Crippen LogP contribution is 2.33. The van der Waals surface area contributed by atoms with Gasteiger partial charge >= 0.3 is 0 Å². The number of hydrogen-bond acceptors (Lipinski definition) is 5. The zero-order valence-electron chi connectivity index (χ0n) is 19.0. The Kier molecular flexibility index (Phi) is 7.55. The molecule has 7 nitrogen and oxygen atoms in total. The number of aryl methyl sites for hydroxylation is 1. The first-order valence-electron chi connectivity index (χ1n) is 11.7. The number of amides is 1. The van der Waals surface area contributed by atoms with E-state index >= 15 is 0 Å². The van der Waals surface area contributed by atoms with Gasteiger partial charge in [0.1, 0.15) is 0 Å². The lowest BCUT2D eigenvalue weighted by molar-refractivity contribution is -0.126. The molecule has 0 radical (unpaired) electrons. The zero-order chi connectivity index (χ0) is 23.3. The lowest BCUT2D eigenvalue weighted by Crippen LogP contribution is -2.44. The fourth-order valence-electron chi connectivity index (χ4n) is 4.27. The van der Waals surface area contributed by atoms with E-state index in [1.165, 1.54) is 9.87 Å². The van der Waals surface area contributed by atoms with Crippen LogP contribution in [-0.4, -0.2) is 51.0 Å². The smallest absolute Gasteiger partial charge is 0.243 e. The van der Waals surface area contributed by atoms with Crippen molar-refractivity contribution in [2.24, 2.45) is 5.92 Å². The first-order chi connectivity index (χ1) is 15.9. The average Bonchev–Trinajstić information content (AvgIpc) is 3.08. The molecule has 33 heavy (non-hydrogen) atoms. The lowest BCUT2D eigenvalue weighted by atomic mass is 9.96. The third kappa shape index (κ3) is 5.86. The van der Waals surface area contributed by atoms with Crippen LogP contribution < -0.4 is 14.8 Å². The van der Waals surface area contributed by atoms with Gasteiger partial charge in [-0.25, -0.2) is 8.42 Å². The molecule has 0 saturated carbocycles. The predicted molar refractivity (Wildman–Crippen MR) is 126 cm³/mol. The lowest BCUT2D eigenvalue weighted by Gasteiger charge is -2.31. The quantitative estimate of drug-likeness (QED) is 0.668. The van der Waals surface area contributed by atoms with E-state index in [-0.39, 0.29) is 22.8 Å². The van der Waals surface area contributed by atoms with Crippen molar-refractivity contribution in [3.8, 4) is 11.5 Å². The highest BCUT2D eigenvalue weighted by atomic mass is 32.2. The number of rotatable bonds is 7. The van der Waals surface area contributed by atoms with Crippen LogP contribution >= 0.6 is 0 Å². The van der Waals surface area contributed by atoms with Gasteiger partial charge in [-0.1, -0.05) is 30.3 Å². The monoisotopic (exact) mass is 472 g/mol. The molecule has 1 N–H and O–H groups in total. The van der Waals surface area contributed by atoms with Crippen molar-refractivity contribution in [3.63, 3.8) is 0 Å². The third-order valence-corrected chi connectivity index (χ3v) is 8.17. The molecule has 1 amide bonds. The molecule has 1 atom stereocenters. The number of nitrogens with one attached hydrogen (secondary N) is 1. The SMILES string of the molecule is CC(CCc1ccccc1)NC(=O)C1CCN(S(=O)(=O)c2ccc3c(c2)OCCCO3)CC1. The number of ether oxygens (including phenoxy) is 2. The fraction of sp³-hybridized carbons (Fsp3) is 0.480. The van der Waals surface area contributed by atoms with Gasteiger partial charge in [0.2, 0.25) is 15.9 Å². The Morgan fingerprint density at radius 3 is 2.48 bits per heavy atom. The van der Waals surface area contributed by atoms with Gasteiger partial charge in [0.25, 0.3) is 0 Å². The van der Waals surface area contributed by atoms with Crippen LogP contribution in [-0.2, 0) is 21.2 Å². The first kappa shape index (κ1) is 23.6. The van der Waals surface area contributed by atoms with Gasteiger partial charge in [0, 0.05) is 37.5 Å². The molecule has 1 saturated heterocycles. The summed E-state index contributed by atoms with van der Waals surface area (Å²) in [6, 6.07) is 15.1. The fourth-order valence-corrected chi connectivity index (χ4v) is 5.76.